The third-order valence-electron chi connectivity index (χ3n) is 1.56. The molecule has 2 heteroatoms. The number of likely N-dealkylation sites (N-methyl/N-ethyl adjacent to an activating group) is 1. The summed E-state index contributed by atoms with van der Waals surface area (Å²) in [5.74, 6) is 0. The zero-order chi connectivity index (χ0) is 8.81. The summed E-state index contributed by atoms with van der Waals surface area (Å²) in [5.41, 5.74) is 0. The Kier molecular flexibility index (Phi) is 4.05. The van der Waals surface area contributed by atoms with Gasteiger partial charge >= 0.3 is 0 Å². The van der Waals surface area contributed by atoms with Crippen LogP contribution in [0.4, 0.5) is 0 Å². The second-order valence-electron chi connectivity index (χ2n) is 2.66. The molecule has 1 rings (SSSR count). The largest absolute Gasteiger partial charge is 0.314 e. The van der Waals surface area contributed by atoms with Crippen LogP contribution in [0.2, 0.25) is 0 Å². The molecular formula is C10H15NS. The Morgan fingerprint density at radius 1 is 1.50 bits per heavy atom. The zero-order valence-electron chi connectivity index (χ0n) is 7.63. The van der Waals surface area contributed by atoms with E-state index in [1.54, 1.807) is 0 Å². The molecule has 0 aliphatic carbocycles. The lowest BCUT2D eigenvalue weighted by Crippen LogP contribution is -2.11. The van der Waals surface area contributed by atoms with Gasteiger partial charge in [0.05, 0.1) is 0 Å². The van der Waals surface area contributed by atoms with E-state index in [0.29, 0.717) is 0 Å². The number of hydrogen-bond acceptors (Lipinski definition) is 2. The van der Waals surface area contributed by atoms with Gasteiger partial charge in [-0.05, 0) is 31.7 Å². The first-order valence-electron chi connectivity index (χ1n) is 4.26. The fourth-order valence-electron chi connectivity index (χ4n) is 0.946. The van der Waals surface area contributed by atoms with Gasteiger partial charge in [0.1, 0.15) is 0 Å². The van der Waals surface area contributed by atoms with E-state index in [9.17, 15) is 0 Å². The van der Waals surface area contributed by atoms with Crippen LogP contribution in [0.15, 0.2) is 18.2 Å². The van der Waals surface area contributed by atoms with Crippen LogP contribution in [-0.2, 0) is 0 Å². The Labute approximate surface area is 78.1 Å². The first kappa shape index (κ1) is 9.49. The van der Waals surface area contributed by atoms with Crippen LogP contribution in [0.3, 0.4) is 0 Å². The van der Waals surface area contributed by atoms with Crippen LogP contribution in [0.25, 0.3) is 6.08 Å². The Hall–Kier alpha value is -0.600. The van der Waals surface area contributed by atoms with Crippen molar-refractivity contribution in [3.63, 3.8) is 0 Å². The lowest BCUT2D eigenvalue weighted by Gasteiger charge is -1.91. The predicted octanol–water partition coefficient (Wildman–Crippen LogP) is 2.68. The van der Waals surface area contributed by atoms with Gasteiger partial charge in [-0.1, -0.05) is 13.0 Å². The van der Waals surface area contributed by atoms with Crippen LogP contribution < -0.4 is 5.32 Å². The van der Waals surface area contributed by atoms with Gasteiger partial charge < -0.3 is 5.32 Å². The lowest BCUT2D eigenvalue weighted by molar-refractivity contribution is 0.801. The van der Waals surface area contributed by atoms with Crippen molar-refractivity contribution >= 4 is 17.4 Å². The van der Waals surface area contributed by atoms with E-state index < -0.39 is 0 Å². The fourth-order valence-corrected chi connectivity index (χ4v) is 1.75. The Morgan fingerprint density at radius 3 is 2.92 bits per heavy atom. The lowest BCUT2D eigenvalue weighted by atomic mass is 10.4. The molecule has 0 radical (unpaired) electrons. The van der Waals surface area contributed by atoms with Gasteiger partial charge in [-0.25, -0.2) is 0 Å². The van der Waals surface area contributed by atoms with Gasteiger partial charge in [0.15, 0.2) is 0 Å². The minimum Gasteiger partial charge on any atom is -0.314 e. The third kappa shape index (κ3) is 3.20. The summed E-state index contributed by atoms with van der Waals surface area (Å²) in [4.78, 5) is 2.71. The van der Waals surface area contributed by atoms with E-state index in [1.807, 2.05) is 11.3 Å². The molecule has 0 aromatic carbocycles. The highest BCUT2D eigenvalue weighted by atomic mass is 32.1. The fraction of sp³-hybridized carbons (Fsp3) is 0.400. The summed E-state index contributed by atoms with van der Waals surface area (Å²) in [7, 11) is 0. The molecule has 1 aromatic heterocycles. The van der Waals surface area contributed by atoms with Crippen molar-refractivity contribution in [2.24, 2.45) is 0 Å². The van der Waals surface area contributed by atoms with E-state index in [2.05, 4.69) is 43.4 Å². The van der Waals surface area contributed by atoms with E-state index in [4.69, 9.17) is 0 Å². The summed E-state index contributed by atoms with van der Waals surface area (Å²) >= 11 is 1.83. The molecule has 1 heterocycles. The van der Waals surface area contributed by atoms with Gasteiger partial charge in [0, 0.05) is 16.3 Å². The Balaban J connectivity index is 2.36. The molecule has 0 aliphatic heterocycles. The maximum Gasteiger partial charge on any atom is 0.0270 e. The molecule has 0 atom stereocenters. The first-order chi connectivity index (χ1) is 5.83. The van der Waals surface area contributed by atoms with Crippen molar-refractivity contribution in [2.45, 2.75) is 13.8 Å². The molecule has 0 unspecified atom stereocenters. The number of thiophene rings is 1. The second-order valence-corrected chi connectivity index (χ2v) is 3.98. The summed E-state index contributed by atoms with van der Waals surface area (Å²) in [6.45, 7) is 6.25. The van der Waals surface area contributed by atoms with Crippen molar-refractivity contribution in [3.8, 4) is 0 Å². The molecule has 0 spiro atoms. The molecule has 1 aromatic rings. The average molecular weight is 181 g/mol. The highest BCUT2D eigenvalue weighted by Gasteiger charge is 1.89. The smallest absolute Gasteiger partial charge is 0.0270 e. The van der Waals surface area contributed by atoms with Crippen LogP contribution >= 0.6 is 11.3 Å². The molecule has 0 amide bonds. The molecule has 0 bridgehead atoms. The summed E-state index contributed by atoms with van der Waals surface area (Å²) in [5, 5.41) is 3.24. The summed E-state index contributed by atoms with van der Waals surface area (Å²) < 4.78 is 0. The highest BCUT2D eigenvalue weighted by molar-refractivity contribution is 7.12. The minimum atomic E-state index is 0.966. The monoisotopic (exact) mass is 181 g/mol. The first-order valence-corrected chi connectivity index (χ1v) is 5.08. The van der Waals surface area contributed by atoms with Crippen molar-refractivity contribution in [1.29, 1.82) is 0 Å². The van der Waals surface area contributed by atoms with Crippen LogP contribution in [0.1, 0.15) is 16.7 Å². The van der Waals surface area contributed by atoms with Crippen molar-refractivity contribution in [1.82, 2.24) is 5.32 Å². The second kappa shape index (κ2) is 5.12. The molecule has 0 fully saturated rings. The van der Waals surface area contributed by atoms with E-state index in [1.165, 1.54) is 9.75 Å². The zero-order valence-corrected chi connectivity index (χ0v) is 8.45. The normalized spacial score (nSPS) is 11.2. The van der Waals surface area contributed by atoms with Gasteiger partial charge in [0.25, 0.3) is 0 Å². The van der Waals surface area contributed by atoms with Gasteiger partial charge in [-0.15, -0.1) is 11.3 Å². The predicted molar refractivity (Wildman–Crippen MR) is 56.6 cm³/mol. The standard InChI is InChI=1S/C10H15NS/c1-3-11-8-4-5-10-7-6-9(2)12-10/h4-7,11H,3,8H2,1-2H3. The van der Waals surface area contributed by atoms with Crippen molar-refractivity contribution in [2.75, 3.05) is 13.1 Å². The molecule has 12 heavy (non-hydrogen) atoms. The van der Waals surface area contributed by atoms with Crippen LogP contribution in [-0.4, -0.2) is 13.1 Å². The van der Waals surface area contributed by atoms with Crippen LogP contribution in [0, 0.1) is 6.92 Å². The van der Waals surface area contributed by atoms with Gasteiger partial charge in [0.2, 0.25) is 0 Å². The summed E-state index contributed by atoms with van der Waals surface area (Å²) in [6, 6.07) is 4.31. The number of aryl methyl sites for hydroxylation is 1. The maximum atomic E-state index is 3.24. The Morgan fingerprint density at radius 2 is 2.33 bits per heavy atom. The van der Waals surface area contributed by atoms with Crippen molar-refractivity contribution in [3.05, 3.63) is 28.0 Å². The maximum absolute atomic E-state index is 3.24. The molecule has 0 aliphatic rings. The third-order valence-corrected chi connectivity index (χ3v) is 2.52. The number of hydrogen-bond donors (Lipinski definition) is 1. The van der Waals surface area contributed by atoms with Gasteiger partial charge in [-0.3, -0.25) is 0 Å². The molecule has 0 saturated heterocycles. The highest BCUT2D eigenvalue weighted by Crippen LogP contribution is 2.15. The molecule has 1 nitrogen and oxygen atoms in total. The Bertz CT molecular complexity index is 250. The van der Waals surface area contributed by atoms with E-state index in [0.717, 1.165) is 13.1 Å². The minimum absolute atomic E-state index is 0.966. The molecular weight excluding hydrogens is 166 g/mol. The van der Waals surface area contributed by atoms with Crippen LogP contribution in [0.5, 0.6) is 0 Å². The molecule has 0 saturated carbocycles. The SMILES string of the molecule is CCNCC=Cc1ccc(C)s1. The topological polar surface area (TPSA) is 12.0 Å². The quantitative estimate of drug-likeness (QED) is 0.704. The van der Waals surface area contributed by atoms with E-state index in [-0.39, 0.29) is 0 Å². The number of rotatable bonds is 4. The summed E-state index contributed by atoms with van der Waals surface area (Å²) in [6.07, 6.45) is 4.33. The number of nitrogens with one attached hydrogen (secondary N) is 1. The van der Waals surface area contributed by atoms with E-state index >= 15 is 0 Å². The van der Waals surface area contributed by atoms with Crippen molar-refractivity contribution < 1.29 is 0 Å². The van der Waals surface area contributed by atoms with Gasteiger partial charge in [-0.2, -0.15) is 0 Å². The average Bonchev–Trinajstić information content (AvgIpc) is 2.45. The molecule has 1 N–H and O–H groups in total. The molecule has 66 valence electrons.